The molecule has 108 valence electrons. The van der Waals surface area contributed by atoms with E-state index in [-0.39, 0.29) is 0 Å². The molecule has 1 N–H and O–H groups in total. The van der Waals surface area contributed by atoms with E-state index in [9.17, 15) is 0 Å². The van der Waals surface area contributed by atoms with E-state index in [2.05, 4.69) is 45.0 Å². The maximum absolute atomic E-state index is 3.63. The van der Waals surface area contributed by atoms with E-state index in [4.69, 9.17) is 0 Å². The third-order valence-electron chi connectivity index (χ3n) is 4.85. The van der Waals surface area contributed by atoms with Crippen LogP contribution in [0.15, 0.2) is 0 Å². The summed E-state index contributed by atoms with van der Waals surface area (Å²) in [5.41, 5.74) is 0.474. The van der Waals surface area contributed by atoms with Gasteiger partial charge in [-0.05, 0) is 56.5 Å². The molecule has 1 fully saturated rings. The Hall–Kier alpha value is -0.0800. The fourth-order valence-corrected chi connectivity index (χ4v) is 3.00. The number of hydrogen-bond donors (Lipinski definition) is 1. The van der Waals surface area contributed by atoms with Crippen molar-refractivity contribution >= 4 is 0 Å². The molecule has 2 heteroatoms. The fraction of sp³-hybridized carbons (Fsp3) is 1.00. The Kier molecular flexibility index (Phi) is 6.65. The minimum absolute atomic E-state index is 0.474. The Morgan fingerprint density at radius 1 is 1.22 bits per heavy atom. The average molecular weight is 254 g/mol. The summed E-state index contributed by atoms with van der Waals surface area (Å²) in [5, 5.41) is 3.63. The Morgan fingerprint density at radius 3 is 2.28 bits per heavy atom. The molecule has 0 saturated heterocycles. The molecule has 0 aliphatic heterocycles. The second-order valence-corrected chi connectivity index (χ2v) is 6.55. The van der Waals surface area contributed by atoms with Crippen molar-refractivity contribution < 1.29 is 0 Å². The van der Waals surface area contributed by atoms with Crippen LogP contribution >= 0.6 is 0 Å². The van der Waals surface area contributed by atoms with Crippen molar-refractivity contribution in [2.75, 3.05) is 33.2 Å². The van der Waals surface area contributed by atoms with Crippen molar-refractivity contribution in [2.45, 2.75) is 53.4 Å². The highest BCUT2D eigenvalue weighted by Gasteiger charge is 2.35. The minimum Gasteiger partial charge on any atom is -0.316 e. The first-order chi connectivity index (χ1) is 8.56. The molecule has 1 saturated carbocycles. The third-order valence-corrected chi connectivity index (χ3v) is 4.85. The molecular formula is C16H34N2. The Bertz CT molecular complexity index is 223. The van der Waals surface area contributed by atoms with Crippen LogP contribution < -0.4 is 5.32 Å². The van der Waals surface area contributed by atoms with Crippen molar-refractivity contribution in [3.63, 3.8) is 0 Å². The van der Waals surface area contributed by atoms with E-state index < -0.39 is 0 Å². The smallest absolute Gasteiger partial charge is 0.00470 e. The standard InChI is InChI=1S/C16H34N2/c1-6-9-17-12-16(7-2,8-3)13-18(5)11-15-10-14(15)4/h14-15,17H,6-13H2,1-5H3. The third kappa shape index (κ3) is 4.89. The highest BCUT2D eigenvalue weighted by Crippen LogP contribution is 2.38. The molecule has 0 aromatic heterocycles. The quantitative estimate of drug-likeness (QED) is 0.601. The zero-order chi connectivity index (χ0) is 13.6. The van der Waals surface area contributed by atoms with Crippen molar-refractivity contribution in [2.24, 2.45) is 17.3 Å². The summed E-state index contributed by atoms with van der Waals surface area (Å²) in [6.45, 7) is 14.2. The van der Waals surface area contributed by atoms with Gasteiger partial charge >= 0.3 is 0 Å². The van der Waals surface area contributed by atoms with Gasteiger partial charge in [0.25, 0.3) is 0 Å². The lowest BCUT2D eigenvalue weighted by Gasteiger charge is -2.36. The van der Waals surface area contributed by atoms with Crippen LogP contribution in [0.2, 0.25) is 0 Å². The van der Waals surface area contributed by atoms with E-state index in [1.54, 1.807) is 0 Å². The summed E-state index contributed by atoms with van der Waals surface area (Å²) in [5.74, 6) is 1.95. The topological polar surface area (TPSA) is 15.3 Å². The van der Waals surface area contributed by atoms with E-state index in [0.29, 0.717) is 5.41 Å². The summed E-state index contributed by atoms with van der Waals surface area (Å²) in [6.07, 6.45) is 5.25. The molecule has 2 unspecified atom stereocenters. The van der Waals surface area contributed by atoms with Gasteiger partial charge < -0.3 is 10.2 Å². The Labute approximate surface area is 115 Å². The van der Waals surface area contributed by atoms with Gasteiger partial charge in [-0.15, -0.1) is 0 Å². The van der Waals surface area contributed by atoms with Crippen molar-refractivity contribution in [3.8, 4) is 0 Å². The summed E-state index contributed by atoms with van der Waals surface area (Å²) in [7, 11) is 2.31. The lowest BCUT2D eigenvalue weighted by molar-refractivity contribution is 0.150. The average Bonchev–Trinajstić information content (AvgIpc) is 3.03. The molecule has 0 radical (unpaired) electrons. The molecule has 2 atom stereocenters. The van der Waals surface area contributed by atoms with Gasteiger partial charge in [-0.2, -0.15) is 0 Å². The SMILES string of the molecule is CCCNCC(CC)(CC)CN(C)CC1CC1C. The van der Waals surface area contributed by atoms with Gasteiger partial charge in [-0.3, -0.25) is 0 Å². The number of rotatable bonds is 10. The van der Waals surface area contributed by atoms with Gasteiger partial charge in [0.15, 0.2) is 0 Å². The summed E-state index contributed by atoms with van der Waals surface area (Å²) in [6, 6.07) is 0. The molecule has 1 aliphatic rings. The van der Waals surface area contributed by atoms with Gasteiger partial charge in [-0.1, -0.05) is 27.7 Å². The largest absolute Gasteiger partial charge is 0.316 e. The number of nitrogens with one attached hydrogen (secondary N) is 1. The van der Waals surface area contributed by atoms with Gasteiger partial charge in [0.05, 0.1) is 0 Å². The molecule has 0 heterocycles. The van der Waals surface area contributed by atoms with Crippen LogP contribution in [0.25, 0.3) is 0 Å². The molecule has 18 heavy (non-hydrogen) atoms. The predicted octanol–water partition coefficient (Wildman–Crippen LogP) is 3.38. The van der Waals surface area contributed by atoms with E-state index >= 15 is 0 Å². The number of nitrogens with zero attached hydrogens (tertiary/aromatic N) is 1. The van der Waals surface area contributed by atoms with Crippen molar-refractivity contribution in [1.82, 2.24) is 10.2 Å². The Morgan fingerprint density at radius 2 is 1.83 bits per heavy atom. The van der Waals surface area contributed by atoms with Crippen LogP contribution in [0.3, 0.4) is 0 Å². The predicted molar refractivity (Wildman–Crippen MR) is 80.9 cm³/mol. The van der Waals surface area contributed by atoms with Crippen LogP contribution in [-0.2, 0) is 0 Å². The molecular weight excluding hydrogens is 220 g/mol. The molecule has 0 bridgehead atoms. The minimum atomic E-state index is 0.474. The monoisotopic (exact) mass is 254 g/mol. The number of hydrogen-bond acceptors (Lipinski definition) is 2. The van der Waals surface area contributed by atoms with Crippen molar-refractivity contribution in [3.05, 3.63) is 0 Å². The maximum atomic E-state index is 3.63. The second-order valence-electron chi connectivity index (χ2n) is 6.55. The first-order valence-electron chi connectivity index (χ1n) is 7.96. The van der Waals surface area contributed by atoms with Crippen LogP contribution in [0, 0.1) is 17.3 Å². The highest BCUT2D eigenvalue weighted by atomic mass is 15.1. The second kappa shape index (κ2) is 7.49. The summed E-state index contributed by atoms with van der Waals surface area (Å²) < 4.78 is 0. The van der Waals surface area contributed by atoms with Gasteiger partial charge in [0.2, 0.25) is 0 Å². The summed E-state index contributed by atoms with van der Waals surface area (Å²) in [4.78, 5) is 2.58. The lowest BCUT2D eigenvalue weighted by atomic mass is 9.81. The van der Waals surface area contributed by atoms with E-state index in [1.807, 2.05) is 0 Å². The molecule has 0 aromatic rings. The maximum Gasteiger partial charge on any atom is 0.00470 e. The van der Waals surface area contributed by atoms with Gasteiger partial charge in [0, 0.05) is 19.6 Å². The summed E-state index contributed by atoms with van der Waals surface area (Å²) >= 11 is 0. The Balaban J connectivity index is 2.38. The van der Waals surface area contributed by atoms with E-state index in [1.165, 1.54) is 45.3 Å². The van der Waals surface area contributed by atoms with Crippen LogP contribution in [-0.4, -0.2) is 38.1 Å². The molecule has 0 amide bonds. The molecule has 1 rings (SSSR count). The molecule has 0 spiro atoms. The lowest BCUT2D eigenvalue weighted by Crippen LogP contribution is -2.43. The zero-order valence-corrected chi connectivity index (χ0v) is 13.3. The van der Waals surface area contributed by atoms with Crippen LogP contribution in [0.4, 0.5) is 0 Å². The van der Waals surface area contributed by atoms with E-state index in [0.717, 1.165) is 18.4 Å². The van der Waals surface area contributed by atoms with Gasteiger partial charge in [0.1, 0.15) is 0 Å². The molecule has 2 nitrogen and oxygen atoms in total. The van der Waals surface area contributed by atoms with Crippen LogP contribution in [0.1, 0.15) is 53.4 Å². The highest BCUT2D eigenvalue weighted by molar-refractivity contribution is 4.87. The van der Waals surface area contributed by atoms with Crippen LogP contribution in [0.5, 0.6) is 0 Å². The normalized spacial score (nSPS) is 23.7. The first-order valence-corrected chi connectivity index (χ1v) is 7.96. The van der Waals surface area contributed by atoms with Gasteiger partial charge in [-0.25, -0.2) is 0 Å². The zero-order valence-electron chi connectivity index (χ0n) is 13.3. The fourth-order valence-electron chi connectivity index (χ4n) is 3.00. The van der Waals surface area contributed by atoms with Crippen molar-refractivity contribution in [1.29, 1.82) is 0 Å². The molecule has 0 aromatic carbocycles. The molecule has 1 aliphatic carbocycles. The first kappa shape index (κ1) is 16.0.